The van der Waals surface area contributed by atoms with Gasteiger partial charge in [-0.2, -0.15) is 0 Å². The lowest BCUT2D eigenvalue weighted by molar-refractivity contribution is 0.256. The molecule has 0 aromatic heterocycles. The van der Waals surface area contributed by atoms with Crippen molar-refractivity contribution in [2.24, 2.45) is 4.74 Å². The fourth-order valence-corrected chi connectivity index (χ4v) is 9.85. The molecule has 0 radical (unpaired) electrons. The molecule has 198 valence electrons. The number of ether oxygens (including phenoxy) is 2. The first-order valence-electron chi connectivity index (χ1n) is 13.2. The predicted octanol–water partition coefficient (Wildman–Crippen LogP) is 11.1. The van der Waals surface area contributed by atoms with Gasteiger partial charge in [-0.15, -0.1) is 0 Å². The molecule has 0 fully saturated rings. The molecule has 0 bridgehead atoms. The van der Waals surface area contributed by atoms with E-state index in [1.54, 1.807) is 0 Å². The summed E-state index contributed by atoms with van der Waals surface area (Å²) < 4.78 is 19.0. The first-order valence-corrected chi connectivity index (χ1v) is 15.7. The van der Waals surface area contributed by atoms with E-state index < -0.39 is 7.05 Å². The Kier molecular flexibility index (Phi) is 9.31. The van der Waals surface area contributed by atoms with Gasteiger partial charge in [-0.1, -0.05) is 88.3 Å². The van der Waals surface area contributed by atoms with E-state index in [4.69, 9.17) is 14.2 Å². The van der Waals surface area contributed by atoms with Gasteiger partial charge >= 0.3 is 0 Å². The van der Waals surface area contributed by atoms with Crippen LogP contribution >= 0.6 is 23.0 Å². The van der Waals surface area contributed by atoms with Gasteiger partial charge in [0.2, 0.25) is 0 Å². The summed E-state index contributed by atoms with van der Waals surface area (Å²) in [5, 5.41) is 2.62. The highest BCUT2D eigenvalue weighted by atomic mass is 79.9. The lowest BCUT2D eigenvalue weighted by Crippen LogP contribution is -2.21. The Bertz CT molecular complexity index is 1020. The predicted molar refractivity (Wildman–Crippen MR) is 158 cm³/mol. The third-order valence-electron chi connectivity index (χ3n) is 6.56. The average Bonchev–Trinajstić information content (AvgIpc) is 3.31. The van der Waals surface area contributed by atoms with E-state index >= 15 is 0 Å². The summed E-state index contributed by atoms with van der Waals surface area (Å²) >= 11 is 3.79. The Labute approximate surface area is 224 Å². The van der Waals surface area contributed by atoms with Crippen LogP contribution in [0, 0.1) is 0 Å². The van der Waals surface area contributed by atoms with Crippen molar-refractivity contribution < 1.29 is 9.47 Å². The van der Waals surface area contributed by atoms with Crippen LogP contribution in [0.25, 0.3) is 0 Å². The van der Waals surface area contributed by atoms with Gasteiger partial charge in [-0.3, -0.25) is 4.74 Å². The van der Waals surface area contributed by atoms with Crippen LogP contribution in [0.15, 0.2) is 37.7 Å². The summed E-state index contributed by atoms with van der Waals surface area (Å²) in [4.78, 5) is 0. The summed E-state index contributed by atoms with van der Waals surface area (Å²) in [5.74, 6) is 0. The Hall–Kier alpha value is -0.990. The van der Waals surface area contributed by atoms with Gasteiger partial charge in [0.15, 0.2) is 4.67 Å². The third kappa shape index (κ3) is 6.12. The van der Waals surface area contributed by atoms with E-state index in [1.165, 1.54) is 27.3 Å². The number of hydrogen-bond donors (Lipinski definition) is 0. The fraction of sp³-hybridized carbons (Fsp3) is 0.667. The molecule has 5 heteroatoms. The molecule has 0 amide bonds. The molecule has 0 aliphatic carbocycles. The monoisotopic (exact) mass is 565 g/mol. The quantitative estimate of drug-likeness (QED) is 0.231. The number of benzene rings is 1. The van der Waals surface area contributed by atoms with Gasteiger partial charge in [-0.05, 0) is 75.6 Å². The van der Waals surface area contributed by atoms with Crippen molar-refractivity contribution in [2.75, 3.05) is 13.2 Å². The maximum Gasteiger partial charge on any atom is 0.167 e. The standard InChI is InChI=1S/C30H49BrNO2P/c1-14-23(26(31)33-16-3)35(24(15-2)27(35)34-17-4)32-25-21(29(8,9)10)18-20(28(5,6)7)19-22(25)30(11,12)13/h18-19H,14-17H2,1-13H3/b26-23+. The molecular formula is C30H49BrNO2P. The molecule has 0 saturated heterocycles. The molecule has 1 aromatic carbocycles. The maximum atomic E-state index is 6.31. The number of halogens is 1. The zero-order chi connectivity index (χ0) is 27.0. The topological polar surface area (TPSA) is 30.8 Å². The maximum absolute atomic E-state index is 6.31. The van der Waals surface area contributed by atoms with E-state index in [-0.39, 0.29) is 16.2 Å². The van der Waals surface area contributed by atoms with Crippen LogP contribution in [0.1, 0.15) is 120 Å². The summed E-state index contributed by atoms with van der Waals surface area (Å²) in [5.41, 5.74) is 6.21. The molecule has 2 rings (SSSR count). The minimum Gasteiger partial charge on any atom is -0.491 e. The normalized spacial score (nSPS) is 19.5. The molecule has 1 heterocycles. The van der Waals surface area contributed by atoms with E-state index in [0.29, 0.717) is 13.2 Å². The van der Waals surface area contributed by atoms with Crippen LogP contribution in [-0.2, 0) is 25.7 Å². The fourth-order valence-electron chi connectivity index (χ4n) is 4.58. The first-order chi connectivity index (χ1) is 16.0. The molecule has 1 aliphatic heterocycles. The van der Waals surface area contributed by atoms with Crippen LogP contribution < -0.4 is 0 Å². The zero-order valence-corrected chi connectivity index (χ0v) is 27.1. The SMILES string of the molecule is CCOC1=C(CC)P1(=Nc1c(C(C)(C)C)cc(C(C)(C)C)cc1C(C)(C)C)/C(CC)=C(\Br)OCC. The van der Waals surface area contributed by atoms with Crippen molar-refractivity contribution in [3.8, 4) is 0 Å². The Balaban J connectivity index is 3.11. The summed E-state index contributed by atoms with van der Waals surface area (Å²) in [7, 11) is -2.15. The van der Waals surface area contributed by atoms with Crippen LogP contribution in [0.4, 0.5) is 5.69 Å². The van der Waals surface area contributed by atoms with Gasteiger partial charge < -0.3 is 9.47 Å². The highest BCUT2D eigenvalue weighted by Crippen LogP contribution is 2.87. The largest absolute Gasteiger partial charge is 0.491 e. The minimum atomic E-state index is -2.15. The molecule has 1 aliphatic rings. The van der Waals surface area contributed by atoms with Crippen LogP contribution in [0.3, 0.4) is 0 Å². The second-order valence-electron chi connectivity index (χ2n) is 12.5. The van der Waals surface area contributed by atoms with Crippen molar-refractivity contribution in [1.29, 1.82) is 0 Å². The van der Waals surface area contributed by atoms with E-state index in [2.05, 4.69) is 111 Å². The van der Waals surface area contributed by atoms with Gasteiger partial charge in [0, 0.05) is 10.6 Å². The van der Waals surface area contributed by atoms with Crippen molar-refractivity contribution in [2.45, 2.75) is 119 Å². The van der Waals surface area contributed by atoms with Crippen LogP contribution in [0.2, 0.25) is 0 Å². The van der Waals surface area contributed by atoms with Gasteiger partial charge in [0.1, 0.15) is 5.50 Å². The number of nitrogens with zero attached hydrogens (tertiary/aromatic N) is 1. The van der Waals surface area contributed by atoms with Crippen molar-refractivity contribution in [3.63, 3.8) is 0 Å². The highest BCUT2D eigenvalue weighted by molar-refractivity contribution is 9.11. The lowest BCUT2D eigenvalue weighted by Gasteiger charge is -2.33. The van der Waals surface area contributed by atoms with Gasteiger partial charge in [-0.25, -0.2) is 0 Å². The molecule has 1 unspecified atom stereocenters. The summed E-state index contributed by atoms with van der Waals surface area (Å²) in [6.45, 7) is 30.6. The van der Waals surface area contributed by atoms with Crippen molar-refractivity contribution in [3.05, 3.63) is 49.6 Å². The molecule has 1 atom stereocenters. The Morgan fingerprint density at radius 1 is 0.829 bits per heavy atom. The number of hydrogen-bond acceptors (Lipinski definition) is 3. The van der Waals surface area contributed by atoms with Crippen molar-refractivity contribution in [1.82, 2.24) is 0 Å². The molecular weight excluding hydrogens is 517 g/mol. The Morgan fingerprint density at radius 2 is 1.34 bits per heavy atom. The van der Waals surface area contributed by atoms with Gasteiger partial charge in [0.05, 0.1) is 26.0 Å². The second-order valence-corrected chi connectivity index (χ2v) is 16.1. The van der Waals surface area contributed by atoms with Crippen LogP contribution in [0.5, 0.6) is 0 Å². The van der Waals surface area contributed by atoms with Gasteiger partial charge in [0.25, 0.3) is 0 Å². The number of allylic oxidation sites excluding steroid dienone is 2. The second kappa shape index (κ2) is 10.8. The van der Waals surface area contributed by atoms with Crippen molar-refractivity contribution >= 4 is 28.7 Å². The third-order valence-corrected chi connectivity index (χ3v) is 11.4. The zero-order valence-electron chi connectivity index (χ0n) is 24.6. The smallest absolute Gasteiger partial charge is 0.167 e. The van der Waals surface area contributed by atoms with E-state index in [9.17, 15) is 0 Å². The molecule has 3 nitrogen and oxygen atoms in total. The molecule has 0 N–H and O–H groups in total. The molecule has 35 heavy (non-hydrogen) atoms. The Morgan fingerprint density at radius 3 is 1.69 bits per heavy atom. The molecule has 0 saturated carbocycles. The lowest BCUT2D eigenvalue weighted by atomic mass is 9.74. The average molecular weight is 567 g/mol. The summed E-state index contributed by atoms with van der Waals surface area (Å²) in [6.07, 6.45) is 1.81. The molecule has 1 aromatic rings. The van der Waals surface area contributed by atoms with Crippen LogP contribution in [-0.4, -0.2) is 13.2 Å². The summed E-state index contributed by atoms with van der Waals surface area (Å²) in [6, 6.07) is 4.82. The molecule has 0 spiro atoms. The highest BCUT2D eigenvalue weighted by Gasteiger charge is 2.51. The van der Waals surface area contributed by atoms with E-state index in [1.807, 2.05) is 6.92 Å². The first kappa shape index (κ1) is 30.2. The number of rotatable bonds is 8. The van der Waals surface area contributed by atoms with E-state index in [0.717, 1.165) is 28.7 Å². The minimum absolute atomic E-state index is 0.0501.